The van der Waals surface area contributed by atoms with Crippen LogP contribution in [0.1, 0.15) is 31.4 Å². The van der Waals surface area contributed by atoms with Crippen LogP contribution in [0.3, 0.4) is 0 Å². The van der Waals surface area contributed by atoms with Crippen molar-refractivity contribution >= 4 is 29.1 Å². The van der Waals surface area contributed by atoms with E-state index in [9.17, 15) is 9.59 Å². The molecule has 0 unspecified atom stereocenters. The van der Waals surface area contributed by atoms with E-state index in [0.717, 1.165) is 0 Å². The van der Waals surface area contributed by atoms with Gasteiger partial charge in [-0.1, -0.05) is 30.3 Å². The molecule has 0 spiro atoms. The minimum Gasteiger partial charge on any atom is -0.491 e. The SMILES string of the molecule is CCO[C@@H](CC/C=C/C(=O)Nc1ccccc1N)[C@@H](OC(=O)Nc1ccc2c(c1)OCO2)c1ccc(OCCO)cc1. The van der Waals surface area contributed by atoms with Gasteiger partial charge in [0, 0.05) is 18.4 Å². The highest BCUT2D eigenvalue weighted by atomic mass is 16.7. The Morgan fingerprint density at radius 2 is 1.83 bits per heavy atom. The molecular formula is C31H35N3O8. The molecule has 0 aromatic heterocycles. The lowest BCUT2D eigenvalue weighted by molar-refractivity contribution is -0.111. The number of rotatable bonds is 14. The molecule has 1 aliphatic rings. The van der Waals surface area contributed by atoms with Crippen molar-refractivity contribution in [1.29, 1.82) is 0 Å². The van der Waals surface area contributed by atoms with Gasteiger partial charge in [0.2, 0.25) is 12.7 Å². The Balaban J connectivity index is 1.45. The first-order valence-corrected chi connectivity index (χ1v) is 13.6. The molecule has 3 aromatic rings. The van der Waals surface area contributed by atoms with Crippen molar-refractivity contribution in [2.45, 2.75) is 32.0 Å². The summed E-state index contributed by atoms with van der Waals surface area (Å²) < 4.78 is 28.1. The Morgan fingerprint density at radius 1 is 1.05 bits per heavy atom. The Hall–Kier alpha value is -4.74. The van der Waals surface area contributed by atoms with Gasteiger partial charge in [0.15, 0.2) is 17.6 Å². The van der Waals surface area contributed by atoms with Crippen LogP contribution in [0.15, 0.2) is 78.9 Å². The molecule has 222 valence electrons. The second-order valence-electron chi connectivity index (χ2n) is 9.21. The lowest BCUT2D eigenvalue weighted by atomic mass is 10.00. The van der Waals surface area contributed by atoms with Gasteiger partial charge in [0.05, 0.1) is 24.1 Å². The predicted octanol–water partition coefficient (Wildman–Crippen LogP) is 5.04. The largest absolute Gasteiger partial charge is 0.491 e. The van der Waals surface area contributed by atoms with E-state index in [1.807, 2.05) is 6.92 Å². The number of carbonyl (C=O) groups is 2. The van der Waals surface area contributed by atoms with Crippen molar-refractivity contribution in [3.8, 4) is 17.2 Å². The van der Waals surface area contributed by atoms with Crippen LogP contribution in [0, 0.1) is 0 Å². The van der Waals surface area contributed by atoms with E-state index >= 15 is 0 Å². The Bertz CT molecular complexity index is 1360. The summed E-state index contributed by atoms with van der Waals surface area (Å²) >= 11 is 0. The number of allylic oxidation sites excluding steroid dienone is 1. The Labute approximate surface area is 244 Å². The summed E-state index contributed by atoms with van der Waals surface area (Å²) in [6.45, 7) is 2.41. The van der Waals surface area contributed by atoms with E-state index in [4.69, 9.17) is 34.5 Å². The number of para-hydroxylation sites is 2. The Kier molecular flexibility index (Phi) is 11.0. The molecule has 1 aliphatic heterocycles. The van der Waals surface area contributed by atoms with Gasteiger partial charge in [-0.3, -0.25) is 10.1 Å². The third-order valence-corrected chi connectivity index (χ3v) is 6.25. The quantitative estimate of drug-likeness (QED) is 0.153. The first-order chi connectivity index (χ1) is 20.5. The number of nitrogens with two attached hydrogens (primary N) is 1. The molecule has 3 aromatic carbocycles. The van der Waals surface area contributed by atoms with E-state index in [-0.39, 0.29) is 25.9 Å². The molecule has 4 rings (SSSR count). The molecule has 11 heteroatoms. The number of benzene rings is 3. The third-order valence-electron chi connectivity index (χ3n) is 6.25. The van der Waals surface area contributed by atoms with E-state index in [1.165, 1.54) is 6.08 Å². The molecule has 0 radical (unpaired) electrons. The van der Waals surface area contributed by atoms with Crippen LogP contribution in [0.5, 0.6) is 17.2 Å². The maximum Gasteiger partial charge on any atom is 0.412 e. The molecule has 0 fully saturated rings. The third kappa shape index (κ3) is 8.63. The number of hydrogen-bond acceptors (Lipinski definition) is 9. The van der Waals surface area contributed by atoms with Crippen molar-refractivity contribution in [2.24, 2.45) is 0 Å². The summed E-state index contributed by atoms with van der Waals surface area (Å²) in [5, 5.41) is 14.5. The summed E-state index contributed by atoms with van der Waals surface area (Å²) in [6.07, 6.45) is 2.11. The highest BCUT2D eigenvalue weighted by Gasteiger charge is 2.28. The zero-order valence-corrected chi connectivity index (χ0v) is 23.3. The number of nitrogens with one attached hydrogen (secondary N) is 2. The number of aliphatic hydroxyl groups excluding tert-OH is 1. The minimum atomic E-state index is -0.780. The summed E-state index contributed by atoms with van der Waals surface area (Å²) in [5.74, 6) is 1.38. The van der Waals surface area contributed by atoms with Crippen molar-refractivity contribution in [3.05, 3.63) is 84.4 Å². The number of fused-ring (bicyclic) bond motifs is 1. The topological polar surface area (TPSA) is 151 Å². The van der Waals surface area contributed by atoms with E-state index in [1.54, 1.807) is 72.8 Å². The predicted molar refractivity (Wildman–Crippen MR) is 158 cm³/mol. The second-order valence-corrected chi connectivity index (χ2v) is 9.21. The molecule has 2 amide bonds. The molecule has 0 aliphatic carbocycles. The molecule has 0 saturated heterocycles. The van der Waals surface area contributed by atoms with Gasteiger partial charge < -0.3 is 39.8 Å². The smallest absolute Gasteiger partial charge is 0.412 e. The van der Waals surface area contributed by atoms with Crippen molar-refractivity contribution in [3.63, 3.8) is 0 Å². The maximum atomic E-state index is 13.0. The van der Waals surface area contributed by atoms with Crippen LogP contribution in [0.2, 0.25) is 0 Å². The molecule has 11 nitrogen and oxygen atoms in total. The first-order valence-electron chi connectivity index (χ1n) is 13.6. The number of hydrogen-bond donors (Lipinski definition) is 4. The van der Waals surface area contributed by atoms with E-state index in [2.05, 4.69) is 10.6 Å². The molecule has 42 heavy (non-hydrogen) atoms. The summed E-state index contributed by atoms with van der Waals surface area (Å²) in [4.78, 5) is 25.4. The average Bonchev–Trinajstić information content (AvgIpc) is 3.46. The van der Waals surface area contributed by atoms with Crippen LogP contribution >= 0.6 is 0 Å². The van der Waals surface area contributed by atoms with Gasteiger partial charge in [-0.15, -0.1) is 0 Å². The molecule has 2 atom stereocenters. The molecular weight excluding hydrogens is 542 g/mol. The van der Waals surface area contributed by atoms with Crippen LogP contribution in [0.25, 0.3) is 0 Å². The van der Waals surface area contributed by atoms with E-state index < -0.39 is 18.3 Å². The fraction of sp³-hybridized carbons (Fsp3) is 0.290. The number of carbonyl (C=O) groups excluding carboxylic acids is 2. The van der Waals surface area contributed by atoms with Crippen molar-refractivity contribution in [2.75, 3.05) is 43.0 Å². The number of nitrogen functional groups attached to an aromatic ring is 1. The average molecular weight is 578 g/mol. The molecule has 0 bridgehead atoms. The van der Waals surface area contributed by atoms with Crippen molar-refractivity contribution in [1.82, 2.24) is 0 Å². The second kappa shape index (κ2) is 15.3. The van der Waals surface area contributed by atoms with Gasteiger partial charge in [0.25, 0.3) is 0 Å². The summed E-state index contributed by atoms with van der Waals surface area (Å²) in [5.41, 5.74) is 8.08. The van der Waals surface area contributed by atoms with Gasteiger partial charge in [-0.05, 0) is 67.8 Å². The lowest BCUT2D eigenvalue weighted by Crippen LogP contribution is -2.29. The fourth-order valence-electron chi connectivity index (χ4n) is 4.29. The molecule has 1 heterocycles. The van der Waals surface area contributed by atoms with Gasteiger partial charge >= 0.3 is 6.09 Å². The molecule has 0 saturated carbocycles. The lowest BCUT2D eigenvalue weighted by Gasteiger charge is -2.27. The van der Waals surface area contributed by atoms with Crippen LogP contribution in [-0.2, 0) is 14.3 Å². The number of amides is 2. The van der Waals surface area contributed by atoms with Crippen LogP contribution < -0.4 is 30.6 Å². The van der Waals surface area contributed by atoms with Gasteiger partial charge in [-0.2, -0.15) is 0 Å². The highest BCUT2D eigenvalue weighted by molar-refractivity contribution is 6.01. The Morgan fingerprint density at radius 3 is 2.60 bits per heavy atom. The zero-order valence-electron chi connectivity index (χ0n) is 23.3. The van der Waals surface area contributed by atoms with Crippen LogP contribution in [0.4, 0.5) is 21.9 Å². The molecule has 5 N–H and O–H groups in total. The fourth-order valence-corrected chi connectivity index (χ4v) is 4.29. The standard InChI is InChI=1S/C31H35N3O8/c1-2-38-27(9-5-6-10-29(36)34-25-8-4-3-7-24(25)32)30(21-11-14-23(15-12-21)39-18-17-35)42-31(37)33-22-13-16-26-28(19-22)41-20-40-26/h3-4,6-8,10-16,19,27,30,35H,2,5,9,17-18,20,32H2,1H3,(H,33,37)(H,34,36)/b10-6+/t27-,30-/m0/s1. The first kappa shape index (κ1) is 30.2. The number of aliphatic hydroxyl groups is 1. The minimum absolute atomic E-state index is 0.107. The number of anilines is 3. The highest BCUT2D eigenvalue weighted by Crippen LogP contribution is 2.35. The zero-order chi connectivity index (χ0) is 29.7. The maximum absolute atomic E-state index is 13.0. The summed E-state index contributed by atoms with van der Waals surface area (Å²) in [7, 11) is 0. The monoisotopic (exact) mass is 577 g/mol. The summed E-state index contributed by atoms with van der Waals surface area (Å²) in [6, 6.07) is 19.1. The normalized spacial score (nSPS) is 13.4. The van der Waals surface area contributed by atoms with E-state index in [0.29, 0.717) is 59.3 Å². The van der Waals surface area contributed by atoms with Gasteiger partial charge in [-0.25, -0.2) is 4.79 Å². The van der Waals surface area contributed by atoms with Gasteiger partial charge in [0.1, 0.15) is 12.4 Å². The number of ether oxygens (including phenoxy) is 5. The van der Waals surface area contributed by atoms with Crippen LogP contribution in [-0.4, -0.2) is 49.8 Å². The van der Waals surface area contributed by atoms with Crippen molar-refractivity contribution < 1.29 is 38.4 Å².